The Bertz CT molecular complexity index is 310. The largest absolute Gasteiger partial charge is 0.466 e. The van der Waals surface area contributed by atoms with Gasteiger partial charge in [0.1, 0.15) is 0 Å². The molecule has 2 aliphatic rings. The zero-order chi connectivity index (χ0) is 12.7. The first kappa shape index (κ1) is 13.1. The van der Waals surface area contributed by atoms with Gasteiger partial charge in [-0.2, -0.15) is 0 Å². The van der Waals surface area contributed by atoms with E-state index < -0.39 is 8.32 Å². The average molecular weight is 256 g/mol. The van der Waals surface area contributed by atoms with Gasteiger partial charge in [-0.15, -0.1) is 0 Å². The Labute approximate surface area is 105 Å². The molecule has 0 unspecified atom stereocenters. The highest BCUT2D eigenvalue weighted by Crippen LogP contribution is 2.62. The van der Waals surface area contributed by atoms with Gasteiger partial charge in [0, 0.05) is 5.92 Å². The van der Waals surface area contributed by atoms with Gasteiger partial charge < -0.3 is 9.16 Å². The van der Waals surface area contributed by atoms with Crippen LogP contribution in [-0.2, 0) is 14.0 Å². The van der Waals surface area contributed by atoms with Gasteiger partial charge in [0.15, 0.2) is 8.32 Å². The second-order valence-electron chi connectivity index (χ2n) is 6.25. The van der Waals surface area contributed by atoms with Gasteiger partial charge in [-0.05, 0) is 39.4 Å². The molecule has 0 saturated heterocycles. The molecule has 17 heavy (non-hydrogen) atoms. The molecule has 0 aliphatic heterocycles. The van der Waals surface area contributed by atoms with Gasteiger partial charge in [-0.1, -0.05) is 12.8 Å². The first-order valence-corrected chi connectivity index (χ1v) is 10.2. The van der Waals surface area contributed by atoms with E-state index in [0.717, 1.165) is 12.8 Å². The monoisotopic (exact) mass is 256 g/mol. The van der Waals surface area contributed by atoms with Crippen molar-refractivity contribution < 1.29 is 14.0 Å². The van der Waals surface area contributed by atoms with Crippen molar-refractivity contribution in [2.24, 2.45) is 11.8 Å². The molecule has 0 aromatic carbocycles. The molecule has 3 nitrogen and oxygen atoms in total. The summed E-state index contributed by atoms with van der Waals surface area (Å²) in [6.45, 7) is 8.96. The molecule has 0 spiro atoms. The number of ether oxygens (including phenoxy) is 1. The highest BCUT2D eigenvalue weighted by Gasteiger charge is 2.70. The van der Waals surface area contributed by atoms with E-state index in [-0.39, 0.29) is 17.5 Å². The number of fused-ring (bicyclic) bond motifs is 1. The normalized spacial score (nSPS) is 36.2. The first-order valence-electron chi connectivity index (χ1n) is 6.77. The molecule has 0 amide bonds. The molecular formula is C13H24O3Si. The highest BCUT2D eigenvalue weighted by molar-refractivity contribution is 6.69. The number of hydrogen-bond acceptors (Lipinski definition) is 3. The minimum absolute atomic E-state index is 0.0247. The second kappa shape index (κ2) is 4.39. The Morgan fingerprint density at radius 1 is 1.35 bits per heavy atom. The van der Waals surface area contributed by atoms with Crippen molar-refractivity contribution in [1.82, 2.24) is 0 Å². The maximum atomic E-state index is 12.0. The van der Waals surface area contributed by atoms with Crippen molar-refractivity contribution in [3.63, 3.8) is 0 Å². The summed E-state index contributed by atoms with van der Waals surface area (Å²) in [4.78, 5) is 12.0. The number of carbonyl (C=O) groups excluding carboxylic acids is 1. The van der Waals surface area contributed by atoms with Crippen LogP contribution in [0.15, 0.2) is 0 Å². The predicted octanol–water partition coefficient (Wildman–Crippen LogP) is 2.96. The Morgan fingerprint density at radius 2 is 2.06 bits per heavy atom. The molecule has 2 rings (SSSR count). The van der Waals surface area contributed by atoms with Crippen LogP contribution in [0.2, 0.25) is 19.6 Å². The molecule has 0 radical (unpaired) electrons. The molecule has 98 valence electrons. The molecule has 4 heteroatoms. The lowest BCUT2D eigenvalue weighted by atomic mass is 9.98. The Balaban J connectivity index is 2.10. The minimum atomic E-state index is -1.59. The van der Waals surface area contributed by atoms with Gasteiger partial charge in [-0.25, -0.2) is 0 Å². The van der Waals surface area contributed by atoms with Gasteiger partial charge in [0.25, 0.3) is 0 Å². The minimum Gasteiger partial charge on any atom is -0.466 e. The lowest BCUT2D eigenvalue weighted by Crippen LogP contribution is -2.37. The summed E-state index contributed by atoms with van der Waals surface area (Å²) in [5, 5.41) is 0. The van der Waals surface area contributed by atoms with Crippen molar-refractivity contribution in [3.05, 3.63) is 0 Å². The van der Waals surface area contributed by atoms with Crippen LogP contribution in [0.5, 0.6) is 0 Å². The van der Waals surface area contributed by atoms with Crippen LogP contribution in [0, 0.1) is 11.8 Å². The summed E-state index contributed by atoms with van der Waals surface area (Å²) in [5.41, 5.74) is -0.144. The standard InChI is InChI=1S/C13H24O3Si/c1-5-15-12(14)11-10-8-6-7-9-13(10,11)16-17(2,3)4/h10-11H,5-9H2,1-4H3/t10-,11-,13+/m1/s1. The lowest BCUT2D eigenvalue weighted by molar-refractivity contribution is -0.146. The molecule has 0 aromatic rings. The first-order chi connectivity index (χ1) is 7.91. The van der Waals surface area contributed by atoms with E-state index in [9.17, 15) is 4.79 Å². The molecule has 2 fully saturated rings. The van der Waals surface area contributed by atoms with Crippen LogP contribution in [0.25, 0.3) is 0 Å². The van der Waals surface area contributed by atoms with E-state index in [1.165, 1.54) is 12.8 Å². The fourth-order valence-electron chi connectivity index (χ4n) is 3.37. The number of rotatable bonds is 4. The smallest absolute Gasteiger partial charge is 0.312 e. The average Bonchev–Trinajstić information content (AvgIpc) is 2.83. The van der Waals surface area contributed by atoms with Gasteiger partial charge in [-0.3, -0.25) is 4.79 Å². The van der Waals surface area contributed by atoms with Crippen molar-refractivity contribution in [2.45, 2.75) is 57.8 Å². The van der Waals surface area contributed by atoms with Crippen LogP contribution in [-0.4, -0.2) is 26.5 Å². The highest BCUT2D eigenvalue weighted by atomic mass is 28.4. The van der Waals surface area contributed by atoms with E-state index in [1.54, 1.807) is 0 Å². The van der Waals surface area contributed by atoms with E-state index in [4.69, 9.17) is 9.16 Å². The molecule has 3 atom stereocenters. The SMILES string of the molecule is CCOC(=O)[C@H]1[C@H]2CCCC[C@]21O[Si](C)(C)C. The Kier molecular flexibility index (Phi) is 3.38. The van der Waals surface area contributed by atoms with Gasteiger partial charge >= 0.3 is 5.97 Å². The summed E-state index contributed by atoms with van der Waals surface area (Å²) < 4.78 is 11.6. The summed E-state index contributed by atoms with van der Waals surface area (Å²) in [7, 11) is -1.59. The molecule has 0 aromatic heterocycles. The second-order valence-corrected chi connectivity index (χ2v) is 10.7. The summed E-state index contributed by atoms with van der Waals surface area (Å²) in [6, 6.07) is 0. The fourth-order valence-corrected chi connectivity index (χ4v) is 4.89. The number of carbonyl (C=O) groups is 1. The third-order valence-corrected chi connectivity index (χ3v) is 4.81. The molecule has 0 heterocycles. The van der Waals surface area contributed by atoms with Crippen LogP contribution in [0.1, 0.15) is 32.6 Å². The Morgan fingerprint density at radius 3 is 2.65 bits per heavy atom. The number of hydrogen-bond donors (Lipinski definition) is 0. The third-order valence-electron chi connectivity index (χ3n) is 3.82. The zero-order valence-corrected chi connectivity index (χ0v) is 12.4. The van der Waals surface area contributed by atoms with Crippen molar-refractivity contribution in [2.75, 3.05) is 6.61 Å². The predicted molar refractivity (Wildman–Crippen MR) is 69.2 cm³/mol. The van der Waals surface area contributed by atoms with Gasteiger partial charge in [0.2, 0.25) is 0 Å². The molecule has 2 aliphatic carbocycles. The maximum Gasteiger partial charge on any atom is 0.312 e. The third kappa shape index (κ3) is 2.43. The van der Waals surface area contributed by atoms with Crippen LogP contribution < -0.4 is 0 Å². The molecule has 0 N–H and O–H groups in total. The van der Waals surface area contributed by atoms with Crippen LogP contribution in [0.3, 0.4) is 0 Å². The quantitative estimate of drug-likeness (QED) is 0.573. The Hall–Kier alpha value is -0.353. The number of esters is 1. The fraction of sp³-hybridized carbons (Fsp3) is 0.923. The summed E-state index contributed by atoms with van der Waals surface area (Å²) in [5.74, 6) is 0.427. The van der Waals surface area contributed by atoms with Crippen molar-refractivity contribution in [1.29, 1.82) is 0 Å². The van der Waals surface area contributed by atoms with Crippen LogP contribution in [0.4, 0.5) is 0 Å². The molecule has 2 saturated carbocycles. The van der Waals surface area contributed by atoms with Crippen molar-refractivity contribution in [3.8, 4) is 0 Å². The van der Waals surface area contributed by atoms with E-state index in [0.29, 0.717) is 12.5 Å². The molecule has 0 bridgehead atoms. The topological polar surface area (TPSA) is 35.5 Å². The van der Waals surface area contributed by atoms with Crippen LogP contribution >= 0.6 is 0 Å². The van der Waals surface area contributed by atoms with Gasteiger partial charge in [0.05, 0.1) is 18.1 Å². The maximum absolute atomic E-state index is 12.0. The lowest BCUT2D eigenvalue weighted by Gasteiger charge is -2.30. The van der Waals surface area contributed by atoms with E-state index in [2.05, 4.69) is 19.6 Å². The summed E-state index contributed by atoms with van der Waals surface area (Å²) >= 11 is 0. The zero-order valence-electron chi connectivity index (χ0n) is 11.4. The van der Waals surface area contributed by atoms with E-state index in [1.807, 2.05) is 6.92 Å². The summed E-state index contributed by atoms with van der Waals surface area (Å²) in [6.07, 6.45) is 4.60. The molecular weight excluding hydrogens is 232 g/mol. The van der Waals surface area contributed by atoms with E-state index >= 15 is 0 Å². The van der Waals surface area contributed by atoms with Crippen molar-refractivity contribution >= 4 is 14.3 Å².